The minimum absolute atomic E-state index is 0.184. The average Bonchev–Trinajstić information content (AvgIpc) is 2.31. The maximum Gasteiger partial charge on any atom is 0.124 e. The van der Waals surface area contributed by atoms with Gasteiger partial charge in [0.05, 0.1) is 0 Å². The molecule has 1 rings (SSSR count). The van der Waals surface area contributed by atoms with Gasteiger partial charge < -0.3 is 14.6 Å². The summed E-state index contributed by atoms with van der Waals surface area (Å²) in [4.78, 5) is 15.2. The molecule has 13 heavy (non-hydrogen) atoms. The lowest BCUT2D eigenvalue weighted by Crippen LogP contribution is -2.32. The predicted octanol–water partition coefficient (Wildman–Crippen LogP) is 0.459. The molecule has 3 nitrogen and oxygen atoms in total. The molecule has 0 radical (unpaired) electrons. The monoisotopic (exact) mass is 184 g/mol. The molecule has 1 heterocycles. The number of likely N-dealkylation sites (N-methyl/N-ethyl adjacent to an activating group) is 1. The van der Waals surface area contributed by atoms with Crippen molar-refractivity contribution in [1.82, 2.24) is 9.80 Å². The lowest BCUT2D eigenvalue weighted by Gasteiger charge is -2.21. The van der Waals surface area contributed by atoms with Gasteiger partial charge in [-0.15, -0.1) is 0 Å². The van der Waals surface area contributed by atoms with Gasteiger partial charge in [-0.2, -0.15) is 0 Å². The van der Waals surface area contributed by atoms with Crippen LogP contribution in [0.5, 0.6) is 0 Å². The number of nitrogens with zero attached hydrogens (tertiary/aromatic N) is 2. The highest BCUT2D eigenvalue weighted by Gasteiger charge is 2.13. The van der Waals surface area contributed by atoms with Crippen LogP contribution in [0.4, 0.5) is 0 Å². The number of hydrogen-bond donors (Lipinski definition) is 0. The normalized spacial score (nSPS) is 23.8. The van der Waals surface area contributed by atoms with Crippen LogP contribution in [0.25, 0.3) is 0 Å². The molecule has 0 aliphatic carbocycles. The Morgan fingerprint density at radius 2 is 2.08 bits per heavy atom. The van der Waals surface area contributed by atoms with Crippen molar-refractivity contribution in [3.05, 3.63) is 0 Å². The van der Waals surface area contributed by atoms with Gasteiger partial charge in [0.2, 0.25) is 0 Å². The molecule has 3 heteroatoms. The summed E-state index contributed by atoms with van der Waals surface area (Å²) in [6, 6.07) is 0. The largest absolute Gasteiger partial charge is 0.305 e. The highest BCUT2D eigenvalue weighted by Crippen LogP contribution is 2.03. The first kappa shape index (κ1) is 10.7. The maximum atomic E-state index is 10.5. The summed E-state index contributed by atoms with van der Waals surface area (Å²) in [5.74, 6) is 0.184. The van der Waals surface area contributed by atoms with Crippen molar-refractivity contribution in [2.24, 2.45) is 5.92 Å². The smallest absolute Gasteiger partial charge is 0.124 e. The average molecular weight is 184 g/mol. The van der Waals surface area contributed by atoms with Gasteiger partial charge in [-0.05, 0) is 26.6 Å². The van der Waals surface area contributed by atoms with Crippen LogP contribution < -0.4 is 0 Å². The summed E-state index contributed by atoms with van der Waals surface area (Å²) in [7, 11) is 2.16. The minimum Gasteiger partial charge on any atom is -0.305 e. The Balaban J connectivity index is 2.29. The van der Waals surface area contributed by atoms with Crippen LogP contribution in [-0.2, 0) is 4.79 Å². The molecule has 1 aliphatic heterocycles. The molecule has 0 spiro atoms. The van der Waals surface area contributed by atoms with Crippen molar-refractivity contribution < 1.29 is 4.79 Å². The topological polar surface area (TPSA) is 23.6 Å². The van der Waals surface area contributed by atoms with Gasteiger partial charge in [0, 0.05) is 25.6 Å². The van der Waals surface area contributed by atoms with Gasteiger partial charge in [0.1, 0.15) is 6.29 Å². The second kappa shape index (κ2) is 5.35. The van der Waals surface area contributed by atoms with E-state index in [1.54, 1.807) is 0 Å². The highest BCUT2D eigenvalue weighted by atomic mass is 16.1. The van der Waals surface area contributed by atoms with Crippen molar-refractivity contribution in [1.29, 1.82) is 0 Å². The summed E-state index contributed by atoms with van der Waals surface area (Å²) in [6.07, 6.45) is 2.27. The number of aldehydes is 1. The van der Waals surface area contributed by atoms with Crippen LogP contribution in [0.15, 0.2) is 0 Å². The van der Waals surface area contributed by atoms with Gasteiger partial charge in [-0.3, -0.25) is 0 Å². The predicted molar refractivity (Wildman–Crippen MR) is 53.8 cm³/mol. The van der Waals surface area contributed by atoms with Crippen molar-refractivity contribution in [3.8, 4) is 0 Å². The minimum atomic E-state index is 0.184. The SMILES string of the molecule is CC(C=O)CN1CCCN(C)CC1. The Kier molecular flexibility index (Phi) is 4.39. The first-order valence-corrected chi connectivity index (χ1v) is 5.08. The second-order valence-electron chi connectivity index (χ2n) is 4.07. The van der Waals surface area contributed by atoms with Gasteiger partial charge in [-0.25, -0.2) is 0 Å². The van der Waals surface area contributed by atoms with E-state index in [2.05, 4.69) is 16.8 Å². The van der Waals surface area contributed by atoms with E-state index in [1.165, 1.54) is 13.0 Å². The fourth-order valence-corrected chi connectivity index (χ4v) is 1.73. The summed E-state index contributed by atoms with van der Waals surface area (Å²) in [6.45, 7) is 7.48. The van der Waals surface area contributed by atoms with E-state index in [4.69, 9.17) is 0 Å². The molecule has 0 aromatic carbocycles. The van der Waals surface area contributed by atoms with Gasteiger partial charge in [0.15, 0.2) is 0 Å². The van der Waals surface area contributed by atoms with Crippen LogP contribution in [0, 0.1) is 5.92 Å². The summed E-state index contributed by atoms with van der Waals surface area (Å²) in [5.41, 5.74) is 0. The number of carbonyl (C=O) groups excluding carboxylic acids is 1. The molecule has 1 aliphatic rings. The number of rotatable bonds is 3. The second-order valence-corrected chi connectivity index (χ2v) is 4.07. The molecule has 0 N–H and O–H groups in total. The van der Waals surface area contributed by atoms with Gasteiger partial charge >= 0.3 is 0 Å². The van der Waals surface area contributed by atoms with Gasteiger partial charge in [0.25, 0.3) is 0 Å². The molecule has 0 saturated carbocycles. The van der Waals surface area contributed by atoms with Crippen molar-refractivity contribution in [3.63, 3.8) is 0 Å². The molecule has 76 valence electrons. The zero-order valence-corrected chi connectivity index (χ0v) is 8.70. The lowest BCUT2D eigenvalue weighted by molar-refractivity contribution is -0.111. The molecule has 0 aromatic heterocycles. The molecule has 0 amide bonds. The molecule has 1 fully saturated rings. The Morgan fingerprint density at radius 1 is 1.31 bits per heavy atom. The van der Waals surface area contributed by atoms with Crippen LogP contribution in [0.3, 0.4) is 0 Å². The van der Waals surface area contributed by atoms with E-state index in [0.717, 1.165) is 32.5 Å². The maximum absolute atomic E-state index is 10.5. The molecule has 1 atom stereocenters. The van der Waals surface area contributed by atoms with Gasteiger partial charge in [-0.1, -0.05) is 6.92 Å². The quantitative estimate of drug-likeness (QED) is 0.595. The summed E-state index contributed by atoms with van der Waals surface area (Å²) >= 11 is 0. The van der Waals surface area contributed by atoms with Crippen LogP contribution in [0.1, 0.15) is 13.3 Å². The Bertz CT molecular complexity index is 161. The summed E-state index contributed by atoms with van der Waals surface area (Å²) < 4.78 is 0. The molecule has 0 bridgehead atoms. The van der Waals surface area contributed by atoms with Crippen LogP contribution >= 0.6 is 0 Å². The molecule has 1 unspecified atom stereocenters. The zero-order valence-electron chi connectivity index (χ0n) is 8.70. The standard InChI is InChI=1S/C10H20N2O/c1-10(9-13)8-12-5-3-4-11(2)6-7-12/h9-10H,3-8H2,1-2H3. The Hall–Kier alpha value is -0.410. The van der Waals surface area contributed by atoms with Crippen molar-refractivity contribution in [2.45, 2.75) is 13.3 Å². The third kappa shape index (κ3) is 3.87. The fourth-order valence-electron chi connectivity index (χ4n) is 1.73. The van der Waals surface area contributed by atoms with E-state index in [9.17, 15) is 4.79 Å². The van der Waals surface area contributed by atoms with Crippen molar-refractivity contribution in [2.75, 3.05) is 39.8 Å². The van der Waals surface area contributed by atoms with E-state index in [-0.39, 0.29) is 5.92 Å². The fraction of sp³-hybridized carbons (Fsp3) is 0.900. The molecule has 1 saturated heterocycles. The van der Waals surface area contributed by atoms with Crippen LogP contribution in [0.2, 0.25) is 0 Å². The van der Waals surface area contributed by atoms with E-state index >= 15 is 0 Å². The first-order chi connectivity index (χ1) is 6.22. The third-order valence-corrected chi connectivity index (χ3v) is 2.59. The van der Waals surface area contributed by atoms with E-state index < -0.39 is 0 Å². The Morgan fingerprint density at radius 3 is 2.77 bits per heavy atom. The third-order valence-electron chi connectivity index (χ3n) is 2.59. The molecular weight excluding hydrogens is 164 g/mol. The summed E-state index contributed by atoms with van der Waals surface area (Å²) in [5, 5.41) is 0. The zero-order chi connectivity index (χ0) is 9.68. The Labute approximate surface area is 80.7 Å². The highest BCUT2D eigenvalue weighted by molar-refractivity contribution is 5.52. The van der Waals surface area contributed by atoms with E-state index in [1.807, 2.05) is 6.92 Å². The number of carbonyl (C=O) groups is 1. The van der Waals surface area contributed by atoms with Crippen molar-refractivity contribution >= 4 is 6.29 Å². The van der Waals surface area contributed by atoms with Crippen LogP contribution in [-0.4, -0.2) is 55.9 Å². The number of hydrogen-bond acceptors (Lipinski definition) is 3. The molecular formula is C10H20N2O. The first-order valence-electron chi connectivity index (χ1n) is 5.08. The lowest BCUT2D eigenvalue weighted by atomic mass is 10.2. The molecule has 0 aromatic rings. The van der Waals surface area contributed by atoms with E-state index in [0.29, 0.717) is 0 Å².